The molecule has 1 aromatic heterocycles. The van der Waals surface area contributed by atoms with E-state index in [0.29, 0.717) is 0 Å². The quantitative estimate of drug-likeness (QED) is 0.699. The predicted molar refractivity (Wildman–Crippen MR) is 67.4 cm³/mol. The molecule has 1 heterocycles. The molecule has 1 radical (unpaired) electrons. The van der Waals surface area contributed by atoms with E-state index in [1.54, 1.807) is 17.4 Å². The minimum atomic E-state index is -0.149. The smallest absolute Gasteiger partial charge is 0.132 e. The maximum atomic E-state index is 13.9. The van der Waals surface area contributed by atoms with Gasteiger partial charge in [-0.3, -0.25) is 0 Å². The van der Waals surface area contributed by atoms with Crippen molar-refractivity contribution in [2.75, 3.05) is 0 Å². The fourth-order valence-electron chi connectivity index (χ4n) is 1.76. The van der Waals surface area contributed by atoms with E-state index < -0.39 is 0 Å². The summed E-state index contributed by atoms with van der Waals surface area (Å²) in [5.74, 6) is 0.136. The third kappa shape index (κ3) is 2.03. The molecular formula is C14H14FS. The average molecular weight is 233 g/mol. The van der Waals surface area contributed by atoms with Crippen molar-refractivity contribution >= 4 is 11.3 Å². The van der Waals surface area contributed by atoms with Gasteiger partial charge in [-0.25, -0.2) is 4.39 Å². The summed E-state index contributed by atoms with van der Waals surface area (Å²) >= 11 is 1.63. The fraction of sp³-hybridized carbons (Fsp3) is 0.286. The lowest BCUT2D eigenvalue weighted by Crippen LogP contribution is -1.94. The van der Waals surface area contributed by atoms with Gasteiger partial charge in [0.1, 0.15) is 5.82 Å². The Labute approximate surface area is 99.8 Å². The average Bonchev–Trinajstić information content (AvgIpc) is 2.64. The zero-order valence-electron chi connectivity index (χ0n) is 9.67. The summed E-state index contributed by atoms with van der Waals surface area (Å²) in [6, 6.07) is 10.3. The van der Waals surface area contributed by atoms with Crippen LogP contribution in [0, 0.1) is 18.8 Å². The monoisotopic (exact) mass is 233 g/mol. The highest BCUT2D eigenvalue weighted by atomic mass is 32.1. The number of rotatable bonds is 2. The van der Waals surface area contributed by atoms with E-state index in [1.807, 2.05) is 19.1 Å². The minimum absolute atomic E-state index is 0.149. The van der Waals surface area contributed by atoms with E-state index in [9.17, 15) is 4.39 Å². The second-order valence-electron chi connectivity index (χ2n) is 4.18. The largest absolute Gasteiger partial charge is 0.206 e. The van der Waals surface area contributed by atoms with Crippen LogP contribution in [0.1, 0.15) is 30.2 Å². The molecular weight excluding hydrogens is 219 g/mol. The lowest BCUT2D eigenvalue weighted by Gasteiger charge is -2.11. The summed E-state index contributed by atoms with van der Waals surface area (Å²) in [7, 11) is 0. The Balaban J connectivity index is 2.62. The van der Waals surface area contributed by atoms with Gasteiger partial charge in [-0.05, 0) is 42.7 Å². The summed E-state index contributed by atoms with van der Waals surface area (Å²) in [4.78, 5) is 2.20. The molecule has 1 aromatic carbocycles. The topological polar surface area (TPSA) is 0 Å². The van der Waals surface area contributed by atoms with Gasteiger partial charge in [0, 0.05) is 15.3 Å². The summed E-state index contributed by atoms with van der Waals surface area (Å²) in [5.41, 5.74) is 1.68. The number of thiophene rings is 1. The highest BCUT2D eigenvalue weighted by Crippen LogP contribution is 2.35. The first-order valence-electron chi connectivity index (χ1n) is 5.36. The first-order valence-corrected chi connectivity index (χ1v) is 6.18. The Bertz CT molecular complexity index is 497. The highest BCUT2D eigenvalue weighted by Gasteiger charge is 2.14. The fourth-order valence-corrected chi connectivity index (χ4v) is 2.69. The third-order valence-electron chi connectivity index (χ3n) is 2.54. The van der Waals surface area contributed by atoms with Crippen LogP contribution in [0.4, 0.5) is 4.39 Å². The van der Waals surface area contributed by atoms with Crippen LogP contribution in [0.2, 0.25) is 0 Å². The van der Waals surface area contributed by atoms with Crippen molar-refractivity contribution in [1.82, 2.24) is 0 Å². The lowest BCUT2D eigenvalue weighted by atomic mass is 9.96. The minimum Gasteiger partial charge on any atom is -0.206 e. The van der Waals surface area contributed by atoms with E-state index in [1.165, 1.54) is 10.9 Å². The molecule has 0 bridgehead atoms. The molecule has 0 saturated heterocycles. The molecule has 2 aromatic rings. The van der Waals surface area contributed by atoms with Crippen molar-refractivity contribution in [3.05, 3.63) is 46.6 Å². The van der Waals surface area contributed by atoms with Gasteiger partial charge in [-0.15, -0.1) is 11.3 Å². The van der Waals surface area contributed by atoms with Crippen molar-refractivity contribution in [2.45, 2.75) is 26.7 Å². The van der Waals surface area contributed by atoms with Gasteiger partial charge in [0.25, 0.3) is 0 Å². The van der Waals surface area contributed by atoms with Gasteiger partial charge >= 0.3 is 0 Å². The third-order valence-corrected chi connectivity index (χ3v) is 3.56. The Morgan fingerprint density at radius 2 is 2.00 bits per heavy atom. The number of hydrogen-bond donors (Lipinski definition) is 0. The second kappa shape index (κ2) is 4.38. The normalized spacial score (nSPS) is 11.1. The van der Waals surface area contributed by atoms with Crippen LogP contribution in [0.15, 0.2) is 24.3 Å². The molecule has 83 valence electrons. The maximum absolute atomic E-state index is 13.9. The molecule has 0 saturated carbocycles. The molecule has 0 aliphatic heterocycles. The molecule has 0 aliphatic rings. The van der Waals surface area contributed by atoms with Gasteiger partial charge < -0.3 is 0 Å². The summed E-state index contributed by atoms with van der Waals surface area (Å²) in [6.45, 7) is 6.16. The summed E-state index contributed by atoms with van der Waals surface area (Å²) in [6.07, 6.45) is 0. The van der Waals surface area contributed by atoms with Gasteiger partial charge in [-0.2, -0.15) is 0 Å². The predicted octanol–water partition coefficient (Wildman–Crippen LogP) is 4.79. The van der Waals surface area contributed by atoms with Gasteiger partial charge in [0.15, 0.2) is 0 Å². The molecule has 0 aliphatic carbocycles. The summed E-state index contributed by atoms with van der Waals surface area (Å²) in [5, 5.41) is 0. The zero-order chi connectivity index (χ0) is 11.7. The molecule has 0 N–H and O–H groups in total. The Morgan fingerprint density at radius 3 is 2.56 bits per heavy atom. The molecule has 0 amide bonds. The van der Waals surface area contributed by atoms with E-state index in [-0.39, 0.29) is 11.7 Å². The van der Waals surface area contributed by atoms with Crippen LogP contribution in [-0.2, 0) is 0 Å². The Morgan fingerprint density at radius 1 is 1.25 bits per heavy atom. The Kier molecular flexibility index (Phi) is 3.10. The summed E-state index contributed by atoms with van der Waals surface area (Å²) < 4.78 is 13.9. The molecule has 0 spiro atoms. The molecule has 2 heteroatoms. The first kappa shape index (κ1) is 11.3. The van der Waals surface area contributed by atoms with Crippen LogP contribution < -0.4 is 0 Å². The Hall–Kier alpha value is -1.15. The van der Waals surface area contributed by atoms with Crippen molar-refractivity contribution < 1.29 is 4.39 Å². The second-order valence-corrected chi connectivity index (χ2v) is 5.47. The molecule has 0 fully saturated rings. The number of benzene rings is 1. The van der Waals surface area contributed by atoms with Crippen molar-refractivity contribution in [3.63, 3.8) is 0 Å². The van der Waals surface area contributed by atoms with Crippen LogP contribution in [0.25, 0.3) is 10.4 Å². The number of halogens is 1. The highest BCUT2D eigenvalue weighted by molar-refractivity contribution is 7.15. The van der Waals surface area contributed by atoms with Gasteiger partial charge in [-0.1, -0.05) is 19.9 Å². The van der Waals surface area contributed by atoms with Gasteiger partial charge in [0.2, 0.25) is 0 Å². The van der Waals surface area contributed by atoms with Crippen LogP contribution in [0.5, 0.6) is 0 Å². The lowest BCUT2D eigenvalue weighted by molar-refractivity contribution is 0.627. The molecule has 16 heavy (non-hydrogen) atoms. The van der Waals surface area contributed by atoms with Crippen molar-refractivity contribution in [3.8, 4) is 10.4 Å². The van der Waals surface area contributed by atoms with Crippen molar-refractivity contribution in [2.24, 2.45) is 0 Å². The molecule has 0 unspecified atom stereocenters. The molecule has 0 nitrogen and oxygen atoms in total. The zero-order valence-corrected chi connectivity index (χ0v) is 10.5. The molecule has 0 atom stereocenters. The standard InChI is InChI=1S/C14H14FS/c1-9(2)11-5-4-6-12(15)14(11)13-8-7-10(3)16-13/h4,6-9H,1-3H3. The van der Waals surface area contributed by atoms with Crippen LogP contribution in [-0.4, -0.2) is 0 Å². The maximum Gasteiger partial charge on any atom is 0.132 e. The number of aryl methyl sites for hydroxylation is 1. The van der Waals surface area contributed by atoms with Crippen LogP contribution in [0.3, 0.4) is 0 Å². The van der Waals surface area contributed by atoms with E-state index in [4.69, 9.17) is 0 Å². The SMILES string of the molecule is Cc1ccc(-c2c(C(C)C)[c]ccc2F)s1. The number of hydrogen-bond acceptors (Lipinski definition) is 1. The van der Waals surface area contributed by atoms with Crippen molar-refractivity contribution in [1.29, 1.82) is 0 Å². The molecule has 2 rings (SSSR count). The van der Waals surface area contributed by atoms with E-state index in [0.717, 1.165) is 16.0 Å². The van der Waals surface area contributed by atoms with E-state index >= 15 is 0 Å². The first-order chi connectivity index (χ1) is 7.59. The van der Waals surface area contributed by atoms with Gasteiger partial charge in [0.05, 0.1) is 0 Å². The van der Waals surface area contributed by atoms with E-state index in [2.05, 4.69) is 19.9 Å². The van der Waals surface area contributed by atoms with Crippen LogP contribution >= 0.6 is 11.3 Å².